The predicted octanol–water partition coefficient (Wildman–Crippen LogP) is 6.78. The minimum Gasteiger partial charge on any atom is -0.481 e. The average Bonchev–Trinajstić information content (AvgIpc) is 3.75. The first-order valence-corrected chi connectivity index (χ1v) is 16.5. The molecular formula is C32H33Cl2FN2O6S. The predicted molar refractivity (Wildman–Crippen MR) is 167 cm³/mol. The zero-order chi connectivity index (χ0) is 31.8. The van der Waals surface area contributed by atoms with Crippen LogP contribution in [0.4, 0.5) is 10.1 Å². The molecular weight excluding hydrogens is 630 g/mol. The van der Waals surface area contributed by atoms with E-state index < -0.39 is 63.2 Å². The molecule has 0 spiro atoms. The third kappa shape index (κ3) is 6.31. The molecule has 0 unspecified atom stereocenters. The Morgan fingerprint density at radius 2 is 1.75 bits per heavy atom. The Morgan fingerprint density at radius 3 is 2.34 bits per heavy atom. The maximum Gasteiger partial charge on any atom is 0.306 e. The van der Waals surface area contributed by atoms with Gasteiger partial charge in [-0.3, -0.25) is 13.9 Å². The number of benzene rings is 3. The van der Waals surface area contributed by atoms with Crippen LogP contribution in [0.15, 0.2) is 72.8 Å². The van der Waals surface area contributed by atoms with E-state index in [2.05, 4.69) is 0 Å². The van der Waals surface area contributed by atoms with Gasteiger partial charge in [-0.05, 0) is 73.7 Å². The summed E-state index contributed by atoms with van der Waals surface area (Å²) in [6, 6.07) is 17.7. The summed E-state index contributed by atoms with van der Waals surface area (Å²) in [5, 5.41) is 10.6. The highest BCUT2D eigenvalue weighted by molar-refractivity contribution is 7.94. The van der Waals surface area contributed by atoms with Gasteiger partial charge >= 0.3 is 5.97 Å². The van der Waals surface area contributed by atoms with Gasteiger partial charge in [-0.1, -0.05) is 66.5 Å². The fourth-order valence-electron chi connectivity index (χ4n) is 5.68. The number of ether oxygens (including phenoxy) is 1. The second-order valence-corrected chi connectivity index (χ2v) is 14.7. The van der Waals surface area contributed by atoms with E-state index >= 15 is 4.39 Å². The van der Waals surface area contributed by atoms with Gasteiger partial charge in [-0.25, -0.2) is 12.8 Å². The second kappa shape index (κ2) is 12.7. The van der Waals surface area contributed by atoms with E-state index in [1.165, 1.54) is 23.1 Å². The molecule has 44 heavy (non-hydrogen) atoms. The van der Waals surface area contributed by atoms with Crippen LogP contribution in [-0.4, -0.2) is 53.7 Å². The summed E-state index contributed by atoms with van der Waals surface area (Å²) < 4.78 is 49.6. The van der Waals surface area contributed by atoms with Gasteiger partial charge in [0.15, 0.2) is 0 Å². The number of carboxylic acids is 1. The molecule has 1 heterocycles. The number of amides is 1. The summed E-state index contributed by atoms with van der Waals surface area (Å²) in [6.07, 6.45) is -1.71. The van der Waals surface area contributed by atoms with Crippen LogP contribution in [0.25, 0.3) is 0 Å². The third-order valence-electron chi connectivity index (χ3n) is 8.41. The summed E-state index contributed by atoms with van der Waals surface area (Å²) in [4.78, 5) is 27.6. The van der Waals surface area contributed by atoms with Crippen LogP contribution >= 0.6 is 23.2 Å². The van der Waals surface area contributed by atoms with Crippen molar-refractivity contribution < 1.29 is 32.2 Å². The lowest BCUT2D eigenvalue weighted by Gasteiger charge is -2.49. The van der Waals surface area contributed by atoms with Crippen LogP contribution in [0.5, 0.6) is 0 Å². The van der Waals surface area contributed by atoms with Crippen LogP contribution in [0.3, 0.4) is 0 Å². The number of carbonyl (C=O) groups is 2. The van der Waals surface area contributed by atoms with E-state index in [-0.39, 0.29) is 18.7 Å². The highest BCUT2D eigenvalue weighted by atomic mass is 35.5. The number of sulfonamides is 1. The Hall–Kier alpha value is -3.18. The first kappa shape index (κ1) is 32.2. The lowest BCUT2D eigenvalue weighted by molar-refractivity contribution is -0.183. The number of anilines is 1. The zero-order valence-electron chi connectivity index (χ0n) is 24.2. The molecule has 0 radical (unpaired) electrons. The van der Waals surface area contributed by atoms with Crippen LogP contribution in [0.2, 0.25) is 10.0 Å². The molecule has 5 rings (SSSR count). The van der Waals surface area contributed by atoms with Crippen molar-refractivity contribution in [3.8, 4) is 0 Å². The molecule has 4 atom stereocenters. The SMILES string of the molecule is CC[C@@H](CN(c1ccccc1F)S(=O)(=O)C1(C)CC1)N1C(=O)[C@H](CC(=O)O)O[C@H](c2cccc(Cl)c2)[C@H]1c1ccc(Cl)cc1. The fraction of sp³-hybridized carbons (Fsp3) is 0.375. The van der Waals surface area contributed by atoms with Gasteiger partial charge in [0.2, 0.25) is 10.0 Å². The Bertz CT molecular complexity index is 1650. The standard InChI is InChI=1S/C32H33Cl2FN2O6S/c1-3-24(19-36(26-10-5-4-9-25(26)35)44(41,42)32(2)15-16-32)37-29(20-11-13-22(33)14-12-20)30(21-7-6-8-23(34)17-21)43-27(31(37)40)18-28(38)39/h4-14,17,24,27,29-30H,3,15-16,18-19H2,1-2H3,(H,38,39)/t24-,27-,29+,30+/m0/s1. The van der Waals surface area contributed by atoms with E-state index in [1.807, 2.05) is 0 Å². The second-order valence-electron chi connectivity index (χ2n) is 11.4. The van der Waals surface area contributed by atoms with Crippen molar-refractivity contribution >= 4 is 50.8 Å². The normalized spacial score (nSPS) is 22.0. The first-order chi connectivity index (χ1) is 20.9. The molecule has 1 aliphatic carbocycles. The van der Waals surface area contributed by atoms with Gasteiger partial charge in [0, 0.05) is 10.0 Å². The largest absolute Gasteiger partial charge is 0.481 e. The molecule has 3 aromatic carbocycles. The topological polar surface area (TPSA) is 104 Å². The number of halogens is 3. The smallest absolute Gasteiger partial charge is 0.306 e. The van der Waals surface area contributed by atoms with Gasteiger partial charge in [0.1, 0.15) is 18.0 Å². The van der Waals surface area contributed by atoms with E-state index in [9.17, 15) is 23.1 Å². The van der Waals surface area contributed by atoms with Gasteiger partial charge in [-0.2, -0.15) is 0 Å². The van der Waals surface area contributed by atoms with Crippen LogP contribution in [0, 0.1) is 5.82 Å². The molecule has 8 nitrogen and oxygen atoms in total. The van der Waals surface area contributed by atoms with Crippen molar-refractivity contribution in [3.63, 3.8) is 0 Å². The maximum absolute atomic E-state index is 15.3. The molecule has 2 aliphatic rings. The van der Waals surface area contributed by atoms with E-state index in [4.69, 9.17) is 27.9 Å². The number of carboxylic acid groups (broad SMARTS) is 1. The monoisotopic (exact) mass is 662 g/mol. The molecule has 0 bridgehead atoms. The Kier molecular flexibility index (Phi) is 9.28. The van der Waals surface area contributed by atoms with Crippen molar-refractivity contribution in [2.24, 2.45) is 0 Å². The highest BCUT2D eigenvalue weighted by Gasteiger charge is 2.54. The summed E-state index contributed by atoms with van der Waals surface area (Å²) in [5.74, 6) is -2.55. The quantitative estimate of drug-likeness (QED) is 0.243. The number of nitrogens with zero attached hydrogens (tertiary/aromatic N) is 2. The molecule has 1 N–H and O–H groups in total. The summed E-state index contributed by atoms with van der Waals surface area (Å²) >= 11 is 12.6. The van der Waals surface area contributed by atoms with Gasteiger partial charge < -0.3 is 14.7 Å². The van der Waals surface area contributed by atoms with Crippen molar-refractivity contribution in [1.82, 2.24) is 4.90 Å². The molecule has 234 valence electrons. The molecule has 3 aromatic rings. The van der Waals surface area contributed by atoms with Gasteiger partial charge in [0.25, 0.3) is 5.91 Å². The highest BCUT2D eigenvalue weighted by Crippen LogP contribution is 2.48. The lowest BCUT2D eigenvalue weighted by atomic mass is 9.89. The Morgan fingerprint density at radius 1 is 1.07 bits per heavy atom. The van der Waals surface area contributed by atoms with E-state index in [0.717, 1.165) is 4.31 Å². The number of aliphatic carboxylic acids is 1. The fourth-order valence-corrected chi connectivity index (χ4v) is 7.93. The summed E-state index contributed by atoms with van der Waals surface area (Å²) in [6.45, 7) is 3.18. The van der Waals surface area contributed by atoms with Crippen LogP contribution in [0.1, 0.15) is 62.8 Å². The van der Waals surface area contributed by atoms with E-state index in [0.29, 0.717) is 34.0 Å². The lowest BCUT2D eigenvalue weighted by Crippen LogP contribution is -2.58. The number of hydrogen-bond donors (Lipinski definition) is 1. The van der Waals surface area contributed by atoms with Crippen molar-refractivity contribution in [2.75, 3.05) is 10.8 Å². The van der Waals surface area contributed by atoms with Gasteiger partial charge in [-0.15, -0.1) is 0 Å². The summed E-state index contributed by atoms with van der Waals surface area (Å²) in [7, 11) is -4.06. The minimum atomic E-state index is -4.06. The number of para-hydroxylation sites is 1. The molecule has 2 fully saturated rings. The van der Waals surface area contributed by atoms with E-state index in [1.54, 1.807) is 68.4 Å². The molecule has 1 saturated heterocycles. The van der Waals surface area contributed by atoms with Crippen molar-refractivity contribution in [1.29, 1.82) is 0 Å². The Balaban J connectivity index is 1.67. The number of morpholine rings is 1. The molecule has 12 heteroatoms. The Labute approximate surface area is 266 Å². The number of rotatable bonds is 11. The van der Waals surface area contributed by atoms with Crippen LogP contribution in [-0.2, 0) is 24.3 Å². The molecule has 1 aliphatic heterocycles. The maximum atomic E-state index is 15.3. The zero-order valence-corrected chi connectivity index (χ0v) is 26.5. The van der Waals surface area contributed by atoms with Crippen molar-refractivity contribution in [2.45, 2.75) is 68.6 Å². The third-order valence-corrected chi connectivity index (χ3v) is 11.5. The average molecular weight is 664 g/mol. The molecule has 0 aromatic heterocycles. The molecule has 1 amide bonds. The van der Waals surface area contributed by atoms with Crippen molar-refractivity contribution in [3.05, 3.63) is 99.8 Å². The van der Waals surface area contributed by atoms with Crippen LogP contribution < -0.4 is 4.31 Å². The number of hydrogen-bond acceptors (Lipinski definition) is 5. The summed E-state index contributed by atoms with van der Waals surface area (Å²) in [5.41, 5.74) is 1.12. The number of carbonyl (C=O) groups excluding carboxylic acids is 1. The minimum absolute atomic E-state index is 0.115. The first-order valence-electron chi connectivity index (χ1n) is 14.3. The molecule has 1 saturated carbocycles. The van der Waals surface area contributed by atoms with Gasteiger partial charge in [0.05, 0.1) is 35.5 Å².